The molecule has 1 aromatic rings. The first kappa shape index (κ1) is 15.8. The van der Waals surface area contributed by atoms with Crippen molar-refractivity contribution in [1.82, 2.24) is 10.2 Å². The molecule has 1 N–H and O–H groups in total. The molecule has 0 radical (unpaired) electrons. The zero-order valence-electron chi connectivity index (χ0n) is 13.4. The van der Waals surface area contributed by atoms with Crippen LogP contribution >= 0.6 is 0 Å². The van der Waals surface area contributed by atoms with Crippen molar-refractivity contribution in [3.05, 3.63) is 29.8 Å². The molecule has 0 spiro atoms. The fourth-order valence-corrected chi connectivity index (χ4v) is 2.87. The smallest absolute Gasteiger partial charge is 0.241 e. The standard InChI is InChI=1S/C17H27N3O/c1-4-16(18-5-2)14-7-9-15(10-8-14)20-12-6-11-19(3)17(21)13-20/h7-10,16,18H,4-6,11-13H2,1-3H3. The summed E-state index contributed by atoms with van der Waals surface area (Å²) in [5.41, 5.74) is 2.47. The lowest BCUT2D eigenvalue weighted by Crippen LogP contribution is -2.34. The Balaban J connectivity index is 2.09. The summed E-state index contributed by atoms with van der Waals surface area (Å²) < 4.78 is 0. The largest absolute Gasteiger partial charge is 0.362 e. The number of carbonyl (C=O) groups excluding carboxylic acids is 1. The third-order valence-electron chi connectivity index (χ3n) is 4.19. The van der Waals surface area contributed by atoms with Crippen LogP contribution in [0.2, 0.25) is 0 Å². The highest BCUT2D eigenvalue weighted by Crippen LogP contribution is 2.22. The van der Waals surface area contributed by atoms with E-state index in [-0.39, 0.29) is 5.91 Å². The van der Waals surface area contributed by atoms with E-state index in [0.29, 0.717) is 12.6 Å². The van der Waals surface area contributed by atoms with Gasteiger partial charge in [0.2, 0.25) is 5.91 Å². The van der Waals surface area contributed by atoms with E-state index in [1.807, 2.05) is 11.9 Å². The number of likely N-dealkylation sites (N-methyl/N-ethyl adjacent to an activating group) is 1. The van der Waals surface area contributed by atoms with Crippen LogP contribution in [-0.2, 0) is 4.79 Å². The van der Waals surface area contributed by atoms with Crippen LogP contribution in [0, 0.1) is 0 Å². The Bertz CT molecular complexity index is 458. The topological polar surface area (TPSA) is 35.6 Å². The second-order valence-corrected chi connectivity index (χ2v) is 5.70. The predicted molar refractivity (Wildman–Crippen MR) is 87.6 cm³/mol. The molecule has 0 aromatic heterocycles. The lowest BCUT2D eigenvalue weighted by Gasteiger charge is -2.23. The van der Waals surface area contributed by atoms with Crippen LogP contribution in [0.25, 0.3) is 0 Å². The van der Waals surface area contributed by atoms with Gasteiger partial charge < -0.3 is 15.1 Å². The van der Waals surface area contributed by atoms with Crippen LogP contribution in [0.3, 0.4) is 0 Å². The maximum atomic E-state index is 12.0. The Morgan fingerprint density at radius 2 is 1.90 bits per heavy atom. The summed E-state index contributed by atoms with van der Waals surface area (Å²) >= 11 is 0. The molecule has 1 fully saturated rings. The monoisotopic (exact) mass is 289 g/mol. The number of benzene rings is 1. The molecule has 1 aromatic carbocycles. The van der Waals surface area contributed by atoms with Crippen molar-refractivity contribution in [3.8, 4) is 0 Å². The third kappa shape index (κ3) is 3.97. The summed E-state index contributed by atoms with van der Waals surface area (Å²) in [4.78, 5) is 16.0. The van der Waals surface area contributed by atoms with Crippen LogP contribution in [0.4, 0.5) is 5.69 Å². The molecule has 1 aliphatic heterocycles. The molecule has 116 valence electrons. The molecule has 1 atom stereocenters. The van der Waals surface area contributed by atoms with Crippen molar-refractivity contribution in [1.29, 1.82) is 0 Å². The molecule has 1 heterocycles. The van der Waals surface area contributed by atoms with E-state index in [0.717, 1.165) is 38.2 Å². The maximum absolute atomic E-state index is 12.0. The van der Waals surface area contributed by atoms with Crippen molar-refractivity contribution in [2.45, 2.75) is 32.7 Å². The van der Waals surface area contributed by atoms with Gasteiger partial charge in [0, 0.05) is 31.9 Å². The molecule has 1 amide bonds. The fourth-order valence-electron chi connectivity index (χ4n) is 2.87. The minimum atomic E-state index is 0.204. The molecule has 1 aliphatic rings. The third-order valence-corrected chi connectivity index (χ3v) is 4.19. The van der Waals surface area contributed by atoms with Gasteiger partial charge in [-0.15, -0.1) is 0 Å². The number of nitrogens with one attached hydrogen (secondary N) is 1. The molecule has 21 heavy (non-hydrogen) atoms. The van der Waals surface area contributed by atoms with Crippen LogP contribution in [-0.4, -0.2) is 44.0 Å². The Hall–Kier alpha value is -1.55. The molecule has 0 aliphatic carbocycles. The molecular formula is C17H27N3O. The molecule has 4 nitrogen and oxygen atoms in total. The van der Waals surface area contributed by atoms with Gasteiger partial charge in [-0.05, 0) is 37.1 Å². The van der Waals surface area contributed by atoms with E-state index < -0.39 is 0 Å². The van der Waals surface area contributed by atoms with Gasteiger partial charge in [0.1, 0.15) is 0 Å². The highest BCUT2D eigenvalue weighted by atomic mass is 16.2. The Morgan fingerprint density at radius 1 is 1.19 bits per heavy atom. The first-order valence-corrected chi connectivity index (χ1v) is 7.98. The van der Waals surface area contributed by atoms with Gasteiger partial charge >= 0.3 is 0 Å². The first-order valence-electron chi connectivity index (χ1n) is 7.98. The van der Waals surface area contributed by atoms with Gasteiger partial charge in [-0.2, -0.15) is 0 Å². The maximum Gasteiger partial charge on any atom is 0.241 e. The minimum Gasteiger partial charge on any atom is -0.362 e. The van der Waals surface area contributed by atoms with Crippen LogP contribution in [0.15, 0.2) is 24.3 Å². The Kier molecular flexibility index (Phi) is 5.62. The van der Waals surface area contributed by atoms with Crippen LogP contribution < -0.4 is 10.2 Å². The second-order valence-electron chi connectivity index (χ2n) is 5.70. The summed E-state index contributed by atoms with van der Waals surface area (Å²) in [7, 11) is 1.89. The molecule has 1 unspecified atom stereocenters. The molecule has 4 heteroatoms. The summed E-state index contributed by atoms with van der Waals surface area (Å²) in [6, 6.07) is 9.08. The highest BCUT2D eigenvalue weighted by molar-refractivity contribution is 5.81. The summed E-state index contributed by atoms with van der Waals surface area (Å²) in [5.74, 6) is 0.204. The lowest BCUT2D eigenvalue weighted by atomic mass is 10.0. The van der Waals surface area contributed by atoms with Crippen molar-refractivity contribution in [2.75, 3.05) is 38.1 Å². The van der Waals surface area contributed by atoms with Crippen molar-refractivity contribution in [3.63, 3.8) is 0 Å². The van der Waals surface area contributed by atoms with E-state index in [4.69, 9.17) is 0 Å². The van der Waals surface area contributed by atoms with Gasteiger partial charge in [0.05, 0.1) is 6.54 Å². The molecule has 0 bridgehead atoms. The zero-order valence-corrected chi connectivity index (χ0v) is 13.4. The SMILES string of the molecule is CCNC(CC)c1ccc(N2CCCN(C)C(=O)C2)cc1. The van der Waals surface area contributed by atoms with Crippen LogP contribution in [0.1, 0.15) is 38.3 Å². The number of hydrogen-bond acceptors (Lipinski definition) is 3. The second kappa shape index (κ2) is 7.46. The van der Waals surface area contributed by atoms with Crippen molar-refractivity contribution in [2.24, 2.45) is 0 Å². The van der Waals surface area contributed by atoms with Crippen molar-refractivity contribution >= 4 is 11.6 Å². The average Bonchev–Trinajstić information content (AvgIpc) is 2.67. The minimum absolute atomic E-state index is 0.204. The number of rotatable bonds is 5. The van der Waals surface area contributed by atoms with Gasteiger partial charge in [-0.3, -0.25) is 4.79 Å². The summed E-state index contributed by atoms with van der Waals surface area (Å²) in [5, 5.41) is 3.50. The normalized spacial score (nSPS) is 17.8. The van der Waals surface area contributed by atoms with E-state index in [9.17, 15) is 4.79 Å². The Labute approximate surface area is 128 Å². The average molecular weight is 289 g/mol. The number of anilines is 1. The van der Waals surface area contributed by atoms with E-state index in [1.165, 1.54) is 5.56 Å². The quantitative estimate of drug-likeness (QED) is 0.904. The first-order chi connectivity index (χ1) is 10.2. The molecule has 2 rings (SSSR count). The summed E-state index contributed by atoms with van der Waals surface area (Å²) in [6.45, 7) is 7.60. The van der Waals surface area contributed by atoms with Crippen molar-refractivity contribution < 1.29 is 4.79 Å². The lowest BCUT2D eigenvalue weighted by molar-refractivity contribution is -0.127. The highest BCUT2D eigenvalue weighted by Gasteiger charge is 2.19. The Morgan fingerprint density at radius 3 is 2.52 bits per heavy atom. The predicted octanol–water partition coefficient (Wildman–Crippen LogP) is 2.42. The zero-order chi connectivity index (χ0) is 15.2. The van der Waals surface area contributed by atoms with Gasteiger partial charge in [0.15, 0.2) is 0 Å². The van der Waals surface area contributed by atoms with Gasteiger partial charge in [0.25, 0.3) is 0 Å². The number of carbonyl (C=O) groups is 1. The number of amides is 1. The molecule has 0 saturated carbocycles. The van der Waals surface area contributed by atoms with Crippen LogP contribution in [0.5, 0.6) is 0 Å². The molecular weight excluding hydrogens is 262 g/mol. The molecule has 1 saturated heterocycles. The summed E-state index contributed by atoms with van der Waals surface area (Å²) in [6.07, 6.45) is 2.11. The van der Waals surface area contributed by atoms with E-state index in [2.05, 4.69) is 48.3 Å². The van der Waals surface area contributed by atoms with E-state index in [1.54, 1.807) is 0 Å². The van der Waals surface area contributed by atoms with E-state index >= 15 is 0 Å². The fraction of sp³-hybridized carbons (Fsp3) is 0.588. The van der Waals surface area contributed by atoms with Gasteiger partial charge in [-0.1, -0.05) is 26.0 Å². The van der Waals surface area contributed by atoms with Gasteiger partial charge in [-0.25, -0.2) is 0 Å². The number of hydrogen-bond donors (Lipinski definition) is 1. The number of nitrogens with zero attached hydrogens (tertiary/aromatic N) is 2.